The Labute approximate surface area is 80.3 Å². The third-order valence-electron chi connectivity index (χ3n) is 2.61. The van der Waals surface area contributed by atoms with Crippen molar-refractivity contribution >= 4 is 0 Å². The molecule has 0 aromatic heterocycles. The molecule has 1 saturated heterocycles. The van der Waals surface area contributed by atoms with Crippen molar-refractivity contribution in [1.82, 2.24) is 4.90 Å². The van der Waals surface area contributed by atoms with Crippen LogP contribution in [0.15, 0.2) is 0 Å². The number of nitrogens with zero attached hydrogens (tertiary/aromatic N) is 2. The van der Waals surface area contributed by atoms with E-state index >= 15 is 0 Å². The van der Waals surface area contributed by atoms with Gasteiger partial charge in [0, 0.05) is 13.2 Å². The van der Waals surface area contributed by atoms with Crippen molar-refractivity contribution in [2.24, 2.45) is 0 Å². The van der Waals surface area contributed by atoms with Crippen LogP contribution in [-0.2, 0) is 4.74 Å². The molecular weight excluding hydrogens is 164 g/mol. The first-order valence-corrected chi connectivity index (χ1v) is 4.95. The summed E-state index contributed by atoms with van der Waals surface area (Å²) < 4.78 is 5.59. The van der Waals surface area contributed by atoms with E-state index in [0.717, 1.165) is 19.6 Å². The SMILES string of the molecule is CC(C#N)N(C)CC1CCCCO1. The second-order valence-electron chi connectivity index (χ2n) is 3.73. The quantitative estimate of drug-likeness (QED) is 0.662. The molecule has 3 heteroatoms. The van der Waals surface area contributed by atoms with Crippen molar-refractivity contribution < 1.29 is 4.74 Å². The van der Waals surface area contributed by atoms with Crippen LogP contribution in [0.25, 0.3) is 0 Å². The maximum atomic E-state index is 8.70. The third kappa shape index (κ3) is 3.33. The minimum absolute atomic E-state index is 0.00877. The van der Waals surface area contributed by atoms with Gasteiger partial charge in [-0.1, -0.05) is 0 Å². The van der Waals surface area contributed by atoms with Gasteiger partial charge in [0.25, 0.3) is 0 Å². The van der Waals surface area contributed by atoms with Gasteiger partial charge in [0.15, 0.2) is 0 Å². The van der Waals surface area contributed by atoms with Gasteiger partial charge in [0.2, 0.25) is 0 Å². The van der Waals surface area contributed by atoms with Crippen LogP contribution in [0.3, 0.4) is 0 Å². The van der Waals surface area contributed by atoms with E-state index in [-0.39, 0.29) is 6.04 Å². The average Bonchev–Trinajstić information content (AvgIpc) is 2.18. The zero-order valence-electron chi connectivity index (χ0n) is 8.49. The standard InChI is InChI=1S/C10H18N2O/c1-9(7-11)12(2)8-10-5-3-4-6-13-10/h9-10H,3-6,8H2,1-2H3. The molecule has 74 valence electrons. The molecule has 0 saturated carbocycles. The summed E-state index contributed by atoms with van der Waals surface area (Å²) in [5.74, 6) is 0. The monoisotopic (exact) mass is 182 g/mol. The van der Waals surface area contributed by atoms with Crippen molar-refractivity contribution in [3.8, 4) is 6.07 Å². The number of hydrogen-bond donors (Lipinski definition) is 0. The number of hydrogen-bond acceptors (Lipinski definition) is 3. The highest BCUT2D eigenvalue weighted by atomic mass is 16.5. The Balaban J connectivity index is 2.26. The zero-order valence-corrected chi connectivity index (χ0v) is 8.49. The molecular formula is C10H18N2O. The molecule has 0 N–H and O–H groups in total. The van der Waals surface area contributed by atoms with Gasteiger partial charge in [-0.2, -0.15) is 5.26 Å². The summed E-state index contributed by atoms with van der Waals surface area (Å²) in [5.41, 5.74) is 0. The van der Waals surface area contributed by atoms with E-state index in [2.05, 4.69) is 11.0 Å². The summed E-state index contributed by atoms with van der Waals surface area (Å²) in [6.45, 7) is 3.69. The van der Waals surface area contributed by atoms with E-state index in [1.165, 1.54) is 12.8 Å². The van der Waals surface area contributed by atoms with E-state index in [4.69, 9.17) is 10.00 Å². The van der Waals surface area contributed by atoms with E-state index in [1.54, 1.807) is 0 Å². The van der Waals surface area contributed by atoms with Crippen LogP contribution < -0.4 is 0 Å². The molecule has 0 bridgehead atoms. The minimum atomic E-state index is -0.00877. The Morgan fingerprint density at radius 1 is 1.62 bits per heavy atom. The molecule has 1 rings (SSSR count). The van der Waals surface area contributed by atoms with E-state index < -0.39 is 0 Å². The second-order valence-corrected chi connectivity index (χ2v) is 3.73. The third-order valence-corrected chi connectivity index (χ3v) is 2.61. The van der Waals surface area contributed by atoms with Crippen LogP contribution in [0, 0.1) is 11.3 Å². The van der Waals surface area contributed by atoms with Crippen LogP contribution in [0.5, 0.6) is 0 Å². The number of likely N-dealkylation sites (N-methyl/N-ethyl adjacent to an activating group) is 1. The molecule has 0 aromatic carbocycles. The smallest absolute Gasteiger partial charge is 0.0947 e. The van der Waals surface area contributed by atoms with Crippen molar-refractivity contribution in [3.63, 3.8) is 0 Å². The van der Waals surface area contributed by atoms with Crippen molar-refractivity contribution in [1.29, 1.82) is 5.26 Å². The summed E-state index contributed by atoms with van der Waals surface area (Å²) in [7, 11) is 1.98. The summed E-state index contributed by atoms with van der Waals surface area (Å²) in [6, 6.07) is 2.22. The molecule has 2 unspecified atom stereocenters. The van der Waals surface area contributed by atoms with Crippen molar-refractivity contribution in [3.05, 3.63) is 0 Å². The maximum Gasteiger partial charge on any atom is 0.0947 e. The normalized spacial score (nSPS) is 25.5. The Kier molecular flexibility index (Phi) is 4.20. The van der Waals surface area contributed by atoms with E-state index in [0.29, 0.717) is 6.10 Å². The number of rotatable bonds is 3. The van der Waals surface area contributed by atoms with Crippen LogP contribution in [0.1, 0.15) is 26.2 Å². The van der Waals surface area contributed by atoms with E-state index in [9.17, 15) is 0 Å². The van der Waals surface area contributed by atoms with Crippen LogP contribution in [-0.4, -0.2) is 37.2 Å². The molecule has 0 aromatic rings. The molecule has 0 aliphatic carbocycles. The predicted octanol–water partition coefficient (Wildman–Crippen LogP) is 1.40. The Bertz CT molecular complexity index is 182. The number of nitriles is 1. The molecule has 0 radical (unpaired) electrons. The lowest BCUT2D eigenvalue weighted by Crippen LogP contribution is -2.37. The van der Waals surface area contributed by atoms with Gasteiger partial charge < -0.3 is 4.74 Å². The summed E-state index contributed by atoms with van der Waals surface area (Å²) >= 11 is 0. The Hall–Kier alpha value is -0.590. The first-order chi connectivity index (χ1) is 6.24. The molecule has 1 aliphatic heterocycles. The first kappa shape index (κ1) is 10.5. The highest BCUT2D eigenvalue weighted by molar-refractivity contribution is 4.87. The largest absolute Gasteiger partial charge is 0.377 e. The van der Waals surface area contributed by atoms with Crippen LogP contribution in [0.2, 0.25) is 0 Å². The second kappa shape index (κ2) is 5.21. The average molecular weight is 182 g/mol. The Morgan fingerprint density at radius 3 is 2.92 bits per heavy atom. The zero-order chi connectivity index (χ0) is 9.68. The minimum Gasteiger partial charge on any atom is -0.377 e. The van der Waals surface area contributed by atoms with Gasteiger partial charge in [-0.25, -0.2) is 0 Å². The van der Waals surface area contributed by atoms with Crippen molar-refractivity contribution in [2.45, 2.75) is 38.3 Å². The summed E-state index contributed by atoms with van der Waals surface area (Å²) in [5, 5.41) is 8.70. The Morgan fingerprint density at radius 2 is 2.38 bits per heavy atom. The fourth-order valence-electron chi connectivity index (χ4n) is 1.53. The molecule has 1 fully saturated rings. The molecule has 0 amide bonds. The highest BCUT2D eigenvalue weighted by Gasteiger charge is 2.18. The van der Waals surface area contributed by atoms with Gasteiger partial charge >= 0.3 is 0 Å². The lowest BCUT2D eigenvalue weighted by Gasteiger charge is -2.28. The van der Waals surface area contributed by atoms with Crippen molar-refractivity contribution in [2.75, 3.05) is 20.2 Å². The van der Waals surface area contributed by atoms with E-state index in [1.807, 2.05) is 14.0 Å². The van der Waals surface area contributed by atoms with Gasteiger partial charge in [0.05, 0.1) is 18.2 Å². The van der Waals surface area contributed by atoms with Crippen LogP contribution in [0.4, 0.5) is 0 Å². The fourth-order valence-corrected chi connectivity index (χ4v) is 1.53. The number of ether oxygens (including phenoxy) is 1. The predicted molar refractivity (Wildman–Crippen MR) is 51.3 cm³/mol. The van der Waals surface area contributed by atoms with Gasteiger partial charge in [-0.05, 0) is 33.2 Å². The summed E-state index contributed by atoms with van der Waals surface area (Å²) in [6.07, 6.45) is 3.94. The van der Waals surface area contributed by atoms with Gasteiger partial charge in [-0.15, -0.1) is 0 Å². The molecule has 0 spiro atoms. The first-order valence-electron chi connectivity index (χ1n) is 4.95. The molecule has 1 heterocycles. The maximum absolute atomic E-state index is 8.70. The summed E-state index contributed by atoms with van der Waals surface area (Å²) in [4.78, 5) is 2.05. The molecule has 2 atom stereocenters. The highest BCUT2D eigenvalue weighted by Crippen LogP contribution is 2.13. The lowest BCUT2D eigenvalue weighted by molar-refractivity contribution is -0.00389. The molecule has 1 aliphatic rings. The van der Waals surface area contributed by atoms with Crippen LogP contribution >= 0.6 is 0 Å². The molecule has 13 heavy (non-hydrogen) atoms. The lowest BCUT2D eigenvalue weighted by atomic mass is 10.1. The fraction of sp³-hybridized carbons (Fsp3) is 0.900. The van der Waals surface area contributed by atoms with Gasteiger partial charge in [0.1, 0.15) is 0 Å². The molecule has 3 nitrogen and oxygen atoms in total. The van der Waals surface area contributed by atoms with Gasteiger partial charge in [-0.3, -0.25) is 4.90 Å². The topological polar surface area (TPSA) is 36.3 Å².